The number of pyridine rings is 2. The summed E-state index contributed by atoms with van der Waals surface area (Å²) in [6, 6.07) is 6.50. The lowest BCUT2D eigenvalue weighted by atomic mass is 10.1. The summed E-state index contributed by atoms with van der Waals surface area (Å²) in [4.78, 5) is 22.7. The van der Waals surface area contributed by atoms with E-state index in [4.69, 9.17) is 5.11 Å². The highest BCUT2D eigenvalue weighted by molar-refractivity contribution is 7.13. The summed E-state index contributed by atoms with van der Waals surface area (Å²) in [7, 11) is 0. The highest BCUT2D eigenvalue weighted by Crippen LogP contribution is 2.27. The lowest BCUT2D eigenvalue weighted by Gasteiger charge is -2.06. The first-order valence-corrected chi connectivity index (χ1v) is 15.1. The summed E-state index contributed by atoms with van der Waals surface area (Å²) in [5, 5.41) is 16.8. The zero-order valence-corrected chi connectivity index (χ0v) is 26.0. The fourth-order valence-electron chi connectivity index (χ4n) is 3.26. The monoisotopic (exact) mass is 597 g/mol. The van der Waals surface area contributed by atoms with E-state index in [1.54, 1.807) is 12.3 Å². The van der Waals surface area contributed by atoms with Crippen molar-refractivity contribution in [2.75, 3.05) is 11.9 Å². The summed E-state index contributed by atoms with van der Waals surface area (Å²) in [6.45, 7) is 12.8. The molecule has 3 rings (SSSR count). The molecule has 0 saturated carbocycles. The summed E-state index contributed by atoms with van der Waals surface area (Å²) < 4.78 is 36.4. The van der Waals surface area contributed by atoms with Gasteiger partial charge in [-0.25, -0.2) is 9.78 Å². The number of amides is 2. The van der Waals surface area contributed by atoms with Gasteiger partial charge in [-0.3, -0.25) is 15.3 Å². The number of nitrogens with zero attached hydrogens (tertiary/aromatic N) is 3. The number of aromatic nitrogens is 3. The number of anilines is 1. The predicted octanol–water partition coefficient (Wildman–Crippen LogP) is 8.23. The second-order valence-electron chi connectivity index (χ2n) is 8.59. The summed E-state index contributed by atoms with van der Waals surface area (Å²) in [5.74, 6) is 0. The third kappa shape index (κ3) is 17.4. The topological polar surface area (TPSA) is 100 Å². The maximum absolute atomic E-state index is 12.1. The van der Waals surface area contributed by atoms with E-state index in [-0.39, 0.29) is 12.6 Å². The number of hydrogen-bond donors (Lipinski definition) is 3. The second-order valence-corrected chi connectivity index (χ2v) is 9.45. The molecule has 0 bridgehead atoms. The van der Waals surface area contributed by atoms with Crippen molar-refractivity contribution in [1.82, 2.24) is 20.3 Å². The van der Waals surface area contributed by atoms with E-state index in [0.29, 0.717) is 23.7 Å². The Morgan fingerprint density at radius 3 is 2.10 bits per heavy atom. The summed E-state index contributed by atoms with van der Waals surface area (Å²) >= 11 is 1.46. The third-order valence-electron chi connectivity index (χ3n) is 5.13. The predicted molar refractivity (Wildman–Crippen MR) is 162 cm³/mol. The molecule has 41 heavy (non-hydrogen) atoms. The van der Waals surface area contributed by atoms with Gasteiger partial charge in [0.15, 0.2) is 5.13 Å². The van der Waals surface area contributed by atoms with Crippen LogP contribution >= 0.6 is 11.3 Å². The molecule has 0 unspecified atom stereocenters. The number of urea groups is 1. The van der Waals surface area contributed by atoms with Crippen LogP contribution in [0.25, 0.3) is 0 Å². The number of thiazole rings is 1. The van der Waals surface area contributed by atoms with Crippen LogP contribution < -0.4 is 10.6 Å². The number of hydrogen-bond acceptors (Lipinski definition) is 6. The van der Waals surface area contributed by atoms with Gasteiger partial charge in [-0.15, -0.1) is 11.3 Å². The Kier molecular flexibility index (Phi) is 20.9. The molecule has 0 saturated heterocycles. The van der Waals surface area contributed by atoms with Crippen molar-refractivity contribution in [2.45, 2.75) is 99.3 Å². The molecular formula is C30H46F3N5O2S. The van der Waals surface area contributed by atoms with E-state index in [1.165, 1.54) is 35.9 Å². The van der Waals surface area contributed by atoms with Crippen molar-refractivity contribution in [1.29, 1.82) is 0 Å². The van der Waals surface area contributed by atoms with Crippen LogP contribution in [-0.2, 0) is 32.0 Å². The molecule has 0 aromatic carbocycles. The van der Waals surface area contributed by atoms with Crippen LogP contribution in [-0.4, -0.2) is 32.6 Å². The van der Waals surface area contributed by atoms with Crippen LogP contribution in [0.5, 0.6) is 0 Å². The molecule has 3 N–H and O–H groups in total. The molecule has 3 aromatic heterocycles. The van der Waals surface area contributed by atoms with E-state index in [9.17, 15) is 18.0 Å². The quantitative estimate of drug-likeness (QED) is 0.219. The molecule has 11 heteroatoms. The summed E-state index contributed by atoms with van der Waals surface area (Å²) in [6.07, 6.45) is 5.66. The number of aliphatic hydroxyl groups is 1. The van der Waals surface area contributed by atoms with Gasteiger partial charge in [0, 0.05) is 24.3 Å². The van der Waals surface area contributed by atoms with Crippen LogP contribution in [0.3, 0.4) is 0 Å². The molecular weight excluding hydrogens is 551 g/mol. The molecule has 0 radical (unpaired) electrons. The van der Waals surface area contributed by atoms with E-state index in [1.807, 2.05) is 45.2 Å². The molecule has 230 valence electrons. The molecule has 0 fully saturated rings. The Bertz CT molecular complexity index is 1090. The molecule has 0 atom stereocenters. The van der Waals surface area contributed by atoms with E-state index in [0.717, 1.165) is 43.1 Å². The molecule has 2 amide bonds. The van der Waals surface area contributed by atoms with Crippen LogP contribution in [0.2, 0.25) is 0 Å². The Hall–Kier alpha value is -3.05. The lowest BCUT2D eigenvalue weighted by Crippen LogP contribution is -2.28. The van der Waals surface area contributed by atoms with Gasteiger partial charge in [0.05, 0.1) is 18.0 Å². The molecule has 0 spiro atoms. The largest absolute Gasteiger partial charge is 0.433 e. The standard InChI is InChI=1S/C10H15NO.C9H10F3N.C9H15N3OS.C2H6/c1-2-3-4-9-5-6-11-10(7-9)8-12;1-2-3-7-4-5-13-8(6-7)9(10,11)12;1-3-5-7-6-14-9(11-7)12-8(13)10-4-2;1-2/h5-7,12H,2-4,8H2,1H3;4-6H,2-3H2,1H3;6H,3-5H2,1-2H3,(H2,10,11,12,13);1-2H3. The fraction of sp³-hybridized carbons (Fsp3) is 0.533. The Labute approximate surface area is 247 Å². The van der Waals surface area contributed by atoms with Gasteiger partial charge in [-0.05, 0) is 68.0 Å². The highest BCUT2D eigenvalue weighted by atomic mass is 32.1. The first kappa shape index (κ1) is 38.0. The van der Waals surface area contributed by atoms with Crippen LogP contribution in [0.4, 0.5) is 23.1 Å². The molecule has 0 aliphatic rings. The van der Waals surface area contributed by atoms with Gasteiger partial charge < -0.3 is 10.4 Å². The Morgan fingerprint density at radius 1 is 0.902 bits per heavy atom. The van der Waals surface area contributed by atoms with E-state index < -0.39 is 11.9 Å². The number of carbonyl (C=O) groups excluding carboxylic acids is 1. The second kappa shape index (κ2) is 22.6. The van der Waals surface area contributed by atoms with Gasteiger partial charge in [0.2, 0.25) is 0 Å². The van der Waals surface area contributed by atoms with Crippen LogP contribution in [0.15, 0.2) is 42.0 Å². The molecule has 7 nitrogen and oxygen atoms in total. The number of rotatable bonds is 10. The van der Waals surface area contributed by atoms with Crippen molar-refractivity contribution in [3.8, 4) is 0 Å². The average Bonchev–Trinajstić information content (AvgIpc) is 3.40. The van der Waals surface area contributed by atoms with Gasteiger partial charge in [-0.2, -0.15) is 13.2 Å². The summed E-state index contributed by atoms with van der Waals surface area (Å²) in [5.41, 5.74) is 2.96. The van der Waals surface area contributed by atoms with Gasteiger partial charge >= 0.3 is 12.2 Å². The number of unbranched alkanes of at least 4 members (excludes halogenated alkanes) is 1. The number of aliphatic hydroxyl groups excluding tert-OH is 1. The first-order chi connectivity index (χ1) is 19.7. The minimum atomic E-state index is -4.33. The number of aryl methyl sites for hydroxylation is 3. The van der Waals surface area contributed by atoms with Crippen molar-refractivity contribution in [3.63, 3.8) is 0 Å². The highest BCUT2D eigenvalue weighted by Gasteiger charge is 2.32. The smallest absolute Gasteiger partial charge is 0.390 e. The SMILES string of the molecule is CC.CCCCc1ccnc(CO)c1.CCCc1ccnc(C(F)(F)F)c1.CCCc1csc(NC(=O)NCC)n1. The van der Waals surface area contributed by atoms with Gasteiger partial charge in [0.25, 0.3) is 0 Å². The maximum atomic E-state index is 12.1. The van der Waals surface area contributed by atoms with Crippen LogP contribution in [0, 0.1) is 0 Å². The third-order valence-corrected chi connectivity index (χ3v) is 5.94. The zero-order valence-electron chi connectivity index (χ0n) is 25.1. The normalized spacial score (nSPS) is 10.2. The molecule has 3 heterocycles. The van der Waals surface area contributed by atoms with Crippen molar-refractivity contribution < 1.29 is 23.1 Å². The van der Waals surface area contributed by atoms with E-state index >= 15 is 0 Å². The number of nitrogens with one attached hydrogen (secondary N) is 2. The molecule has 3 aromatic rings. The van der Waals surface area contributed by atoms with Gasteiger partial charge in [-0.1, -0.05) is 53.9 Å². The van der Waals surface area contributed by atoms with Gasteiger partial charge in [0.1, 0.15) is 5.69 Å². The molecule has 0 aliphatic heterocycles. The Morgan fingerprint density at radius 2 is 1.54 bits per heavy atom. The maximum Gasteiger partial charge on any atom is 0.433 e. The number of alkyl halides is 3. The average molecular weight is 598 g/mol. The fourth-order valence-corrected chi connectivity index (χ4v) is 4.00. The Balaban J connectivity index is 0.000000569. The van der Waals surface area contributed by atoms with Crippen molar-refractivity contribution in [3.05, 3.63) is 70.2 Å². The zero-order chi connectivity index (χ0) is 31.1. The molecule has 0 aliphatic carbocycles. The number of carbonyl (C=O) groups is 1. The van der Waals surface area contributed by atoms with E-state index in [2.05, 4.69) is 39.4 Å². The minimum absolute atomic E-state index is 0.0416. The first-order valence-electron chi connectivity index (χ1n) is 14.2. The van der Waals surface area contributed by atoms with Crippen molar-refractivity contribution in [2.24, 2.45) is 0 Å². The minimum Gasteiger partial charge on any atom is -0.390 e. The lowest BCUT2D eigenvalue weighted by molar-refractivity contribution is -0.141. The number of halogens is 3. The van der Waals surface area contributed by atoms with Crippen LogP contribution in [0.1, 0.15) is 95.4 Å². The van der Waals surface area contributed by atoms with Crippen molar-refractivity contribution >= 4 is 22.5 Å².